The lowest BCUT2D eigenvalue weighted by Gasteiger charge is -2.26. The van der Waals surface area contributed by atoms with E-state index in [4.69, 9.17) is 4.74 Å². The van der Waals surface area contributed by atoms with Crippen LogP contribution in [0.15, 0.2) is 24.5 Å². The molecule has 1 aliphatic rings. The van der Waals surface area contributed by atoms with Crippen LogP contribution in [0.2, 0.25) is 0 Å². The van der Waals surface area contributed by atoms with Crippen LogP contribution in [-0.4, -0.2) is 16.1 Å². The Morgan fingerprint density at radius 2 is 2.29 bits per heavy atom. The minimum Gasteiger partial charge on any atom is -0.488 e. The molecule has 0 bridgehead atoms. The number of rotatable bonds is 2. The lowest BCUT2D eigenvalue weighted by atomic mass is 9.96. The number of aromatic nitrogens is 2. The molecule has 14 heavy (non-hydrogen) atoms. The molecule has 0 unspecified atom stereocenters. The Hall–Kier alpha value is -1.51. The number of hydrogen-bond donors (Lipinski definition) is 1. The maximum absolute atomic E-state index is 5.84. The summed E-state index contributed by atoms with van der Waals surface area (Å²) in [5.41, 5.74) is 1.99. The topological polar surface area (TPSA) is 37.9 Å². The second-order valence-corrected chi connectivity index (χ2v) is 3.73. The minimum atomic E-state index is 0.414. The maximum atomic E-state index is 5.84. The van der Waals surface area contributed by atoms with Crippen molar-refractivity contribution in [2.45, 2.75) is 25.4 Å². The zero-order valence-electron chi connectivity index (χ0n) is 7.86. The molecule has 1 aromatic carbocycles. The van der Waals surface area contributed by atoms with Crippen LogP contribution < -0.4 is 4.74 Å². The van der Waals surface area contributed by atoms with E-state index in [-0.39, 0.29) is 0 Å². The highest BCUT2D eigenvalue weighted by molar-refractivity contribution is 5.81. The molecule has 0 aliphatic heterocycles. The highest BCUT2D eigenvalue weighted by atomic mass is 16.5. The van der Waals surface area contributed by atoms with E-state index < -0.39 is 0 Å². The van der Waals surface area contributed by atoms with E-state index in [0.29, 0.717) is 6.10 Å². The van der Waals surface area contributed by atoms with Crippen LogP contribution in [0.1, 0.15) is 19.3 Å². The maximum Gasteiger partial charge on any atom is 0.147 e. The van der Waals surface area contributed by atoms with E-state index in [9.17, 15) is 0 Å². The predicted molar refractivity (Wildman–Crippen MR) is 54.4 cm³/mol. The van der Waals surface area contributed by atoms with Gasteiger partial charge < -0.3 is 9.72 Å². The van der Waals surface area contributed by atoms with Crippen LogP contribution in [0.4, 0.5) is 0 Å². The Morgan fingerprint density at radius 3 is 3.07 bits per heavy atom. The predicted octanol–water partition coefficient (Wildman–Crippen LogP) is 2.49. The van der Waals surface area contributed by atoms with E-state index >= 15 is 0 Å². The minimum absolute atomic E-state index is 0.414. The van der Waals surface area contributed by atoms with Gasteiger partial charge in [0.1, 0.15) is 11.3 Å². The molecule has 0 radical (unpaired) electrons. The van der Waals surface area contributed by atoms with Crippen LogP contribution in [-0.2, 0) is 0 Å². The average molecular weight is 188 g/mol. The van der Waals surface area contributed by atoms with E-state index in [1.165, 1.54) is 19.3 Å². The van der Waals surface area contributed by atoms with Crippen molar-refractivity contribution in [3.8, 4) is 5.75 Å². The number of benzene rings is 1. The summed E-state index contributed by atoms with van der Waals surface area (Å²) in [6.07, 6.45) is 5.78. The number of nitrogens with one attached hydrogen (secondary N) is 1. The van der Waals surface area contributed by atoms with Crippen LogP contribution in [0.3, 0.4) is 0 Å². The number of aromatic amines is 1. The number of imidazole rings is 1. The first-order chi connectivity index (χ1) is 6.93. The van der Waals surface area contributed by atoms with Crippen LogP contribution in [0.25, 0.3) is 11.0 Å². The van der Waals surface area contributed by atoms with Gasteiger partial charge in [0.05, 0.1) is 17.9 Å². The van der Waals surface area contributed by atoms with Gasteiger partial charge in [-0.2, -0.15) is 0 Å². The number of hydrogen-bond acceptors (Lipinski definition) is 2. The molecule has 2 aromatic rings. The molecule has 1 aliphatic carbocycles. The molecule has 3 rings (SSSR count). The number of para-hydroxylation sites is 1. The van der Waals surface area contributed by atoms with Gasteiger partial charge in [-0.1, -0.05) is 6.07 Å². The smallest absolute Gasteiger partial charge is 0.147 e. The zero-order chi connectivity index (χ0) is 9.38. The van der Waals surface area contributed by atoms with Crippen molar-refractivity contribution in [3.05, 3.63) is 24.5 Å². The summed E-state index contributed by atoms with van der Waals surface area (Å²) in [5, 5.41) is 0. The molecule has 72 valence electrons. The first kappa shape index (κ1) is 7.85. The quantitative estimate of drug-likeness (QED) is 0.786. The summed E-state index contributed by atoms with van der Waals surface area (Å²) in [6, 6.07) is 5.99. The van der Waals surface area contributed by atoms with Gasteiger partial charge in [-0.05, 0) is 31.4 Å². The van der Waals surface area contributed by atoms with Gasteiger partial charge >= 0.3 is 0 Å². The fraction of sp³-hybridized carbons (Fsp3) is 0.364. The molecule has 0 atom stereocenters. The lowest BCUT2D eigenvalue weighted by molar-refractivity contribution is 0.122. The van der Waals surface area contributed by atoms with Gasteiger partial charge in [-0.15, -0.1) is 0 Å². The number of H-pyrrole nitrogens is 1. The summed E-state index contributed by atoms with van der Waals surface area (Å²) < 4.78 is 5.84. The Balaban J connectivity index is 1.97. The first-order valence-corrected chi connectivity index (χ1v) is 5.02. The molecular formula is C11H12N2O. The van der Waals surface area contributed by atoms with Crippen LogP contribution in [0, 0.1) is 0 Å². The van der Waals surface area contributed by atoms with E-state index in [1.54, 1.807) is 6.33 Å². The normalized spacial score (nSPS) is 16.9. The molecular weight excluding hydrogens is 176 g/mol. The van der Waals surface area contributed by atoms with Crippen LogP contribution in [0.5, 0.6) is 5.75 Å². The second-order valence-electron chi connectivity index (χ2n) is 3.73. The van der Waals surface area contributed by atoms with Gasteiger partial charge in [0, 0.05) is 0 Å². The van der Waals surface area contributed by atoms with E-state index in [1.807, 2.05) is 18.2 Å². The Morgan fingerprint density at radius 1 is 1.36 bits per heavy atom. The average Bonchev–Trinajstić information content (AvgIpc) is 2.59. The van der Waals surface area contributed by atoms with Crippen molar-refractivity contribution >= 4 is 11.0 Å². The Kier molecular flexibility index (Phi) is 1.69. The van der Waals surface area contributed by atoms with Gasteiger partial charge in [-0.3, -0.25) is 0 Å². The largest absolute Gasteiger partial charge is 0.488 e. The molecule has 0 amide bonds. The Bertz CT molecular complexity index is 445. The van der Waals surface area contributed by atoms with Crippen molar-refractivity contribution in [3.63, 3.8) is 0 Å². The summed E-state index contributed by atoms with van der Waals surface area (Å²) in [7, 11) is 0. The third-order valence-electron chi connectivity index (χ3n) is 2.76. The Labute approximate surface area is 82.1 Å². The van der Waals surface area contributed by atoms with Gasteiger partial charge in [-0.25, -0.2) is 4.98 Å². The third kappa shape index (κ3) is 1.16. The number of fused-ring (bicyclic) bond motifs is 1. The summed E-state index contributed by atoms with van der Waals surface area (Å²) in [5.74, 6) is 0.911. The highest BCUT2D eigenvalue weighted by Gasteiger charge is 2.20. The first-order valence-electron chi connectivity index (χ1n) is 5.02. The van der Waals surface area contributed by atoms with Crippen molar-refractivity contribution < 1.29 is 4.74 Å². The highest BCUT2D eigenvalue weighted by Crippen LogP contribution is 2.28. The third-order valence-corrected chi connectivity index (χ3v) is 2.76. The van der Waals surface area contributed by atoms with Gasteiger partial charge in [0.25, 0.3) is 0 Å². The summed E-state index contributed by atoms with van der Waals surface area (Å²) >= 11 is 0. The molecule has 1 N–H and O–H groups in total. The fourth-order valence-corrected chi connectivity index (χ4v) is 1.70. The number of nitrogens with zero attached hydrogens (tertiary/aromatic N) is 1. The lowest BCUT2D eigenvalue weighted by Crippen LogP contribution is -2.24. The molecule has 3 heteroatoms. The van der Waals surface area contributed by atoms with Crippen molar-refractivity contribution in [2.24, 2.45) is 0 Å². The van der Waals surface area contributed by atoms with Crippen molar-refractivity contribution in [1.82, 2.24) is 9.97 Å². The van der Waals surface area contributed by atoms with Gasteiger partial charge in [0.15, 0.2) is 0 Å². The molecule has 1 aromatic heterocycles. The van der Waals surface area contributed by atoms with E-state index in [2.05, 4.69) is 9.97 Å². The summed E-state index contributed by atoms with van der Waals surface area (Å²) in [6.45, 7) is 0. The monoisotopic (exact) mass is 188 g/mol. The standard InChI is InChI=1S/C11H12N2O/c1-3-8(4-1)14-10-6-2-5-9-11(10)13-7-12-9/h2,5-8H,1,3-4H2,(H,12,13). The SMILES string of the molecule is c1cc(OC2CCC2)c2nc[nH]c2c1. The molecule has 1 saturated carbocycles. The zero-order valence-corrected chi connectivity index (χ0v) is 7.86. The number of ether oxygens (including phenoxy) is 1. The second kappa shape index (κ2) is 3.01. The fourth-order valence-electron chi connectivity index (χ4n) is 1.70. The van der Waals surface area contributed by atoms with Crippen molar-refractivity contribution in [1.29, 1.82) is 0 Å². The summed E-state index contributed by atoms with van der Waals surface area (Å²) in [4.78, 5) is 7.33. The van der Waals surface area contributed by atoms with Crippen LogP contribution >= 0.6 is 0 Å². The van der Waals surface area contributed by atoms with E-state index in [0.717, 1.165) is 16.8 Å². The van der Waals surface area contributed by atoms with Gasteiger partial charge in [0.2, 0.25) is 0 Å². The molecule has 0 spiro atoms. The molecule has 3 nitrogen and oxygen atoms in total. The molecule has 1 heterocycles. The molecule has 1 fully saturated rings. The molecule has 0 saturated heterocycles. The van der Waals surface area contributed by atoms with Crippen molar-refractivity contribution in [2.75, 3.05) is 0 Å².